The molecule has 7 nitrogen and oxygen atoms in total. The molecule has 42 heavy (non-hydrogen) atoms. The van der Waals surface area contributed by atoms with Crippen molar-refractivity contribution in [1.82, 2.24) is 14.5 Å². The number of amidine groups is 1. The maximum Gasteiger partial charge on any atom is 0.339 e. The number of carboxylic acid groups (broad SMARTS) is 1. The van der Waals surface area contributed by atoms with Gasteiger partial charge in [0.05, 0.1) is 16.2 Å². The summed E-state index contributed by atoms with van der Waals surface area (Å²) in [5, 5.41) is 12.4. The molecular weight excluding hydrogens is 565 g/mol. The molecule has 3 aromatic heterocycles. The van der Waals surface area contributed by atoms with Crippen LogP contribution in [0.15, 0.2) is 76.8 Å². The Morgan fingerprint density at radius 1 is 1.05 bits per heavy atom. The molecule has 1 fully saturated rings. The molecule has 212 valence electrons. The van der Waals surface area contributed by atoms with E-state index < -0.39 is 5.97 Å². The van der Waals surface area contributed by atoms with Gasteiger partial charge in [-0.3, -0.25) is 9.69 Å². The lowest BCUT2D eigenvalue weighted by Crippen LogP contribution is -2.31. The lowest BCUT2D eigenvalue weighted by Gasteiger charge is -2.15. The van der Waals surface area contributed by atoms with Crippen LogP contribution in [0.5, 0.6) is 0 Å². The van der Waals surface area contributed by atoms with Gasteiger partial charge in [-0.1, -0.05) is 36.4 Å². The zero-order chi connectivity index (χ0) is 29.5. The van der Waals surface area contributed by atoms with Gasteiger partial charge in [0, 0.05) is 39.9 Å². The monoisotopic (exact) mass is 594 g/mol. The summed E-state index contributed by atoms with van der Waals surface area (Å²) < 4.78 is 1.98. The Balaban J connectivity index is 1.36. The summed E-state index contributed by atoms with van der Waals surface area (Å²) in [5.74, 6) is -1.03. The number of aromatic amines is 1. The third-order valence-electron chi connectivity index (χ3n) is 7.69. The number of H-pyrrole nitrogens is 1. The zero-order valence-corrected chi connectivity index (χ0v) is 25.4. The molecule has 9 heteroatoms. The van der Waals surface area contributed by atoms with Crippen LogP contribution >= 0.6 is 23.1 Å². The Morgan fingerprint density at radius 3 is 2.55 bits per heavy atom. The number of carboxylic acids is 1. The van der Waals surface area contributed by atoms with Crippen LogP contribution in [-0.2, 0) is 11.2 Å². The van der Waals surface area contributed by atoms with E-state index in [1.807, 2.05) is 99.1 Å². The van der Waals surface area contributed by atoms with Crippen LogP contribution < -0.4 is 0 Å². The van der Waals surface area contributed by atoms with E-state index in [1.54, 1.807) is 4.90 Å². The van der Waals surface area contributed by atoms with E-state index in [0.717, 1.165) is 49.5 Å². The van der Waals surface area contributed by atoms with Gasteiger partial charge in [-0.25, -0.2) is 9.79 Å². The quantitative estimate of drug-likeness (QED) is 0.188. The maximum atomic E-state index is 13.9. The fraction of sp³-hybridized carbons (Fsp3) is 0.182. The van der Waals surface area contributed by atoms with Gasteiger partial charge in [0.15, 0.2) is 5.17 Å². The number of hydrogen-bond donors (Lipinski definition) is 2. The number of nitrogens with one attached hydrogen (secondary N) is 1. The van der Waals surface area contributed by atoms with Crippen molar-refractivity contribution >= 4 is 62.8 Å². The number of benzene rings is 2. The van der Waals surface area contributed by atoms with Crippen LogP contribution in [-0.4, -0.2) is 43.1 Å². The molecule has 0 saturated carbocycles. The average molecular weight is 595 g/mol. The molecule has 0 spiro atoms. The zero-order valence-electron chi connectivity index (χ0n) is 23.8. The smallest absolute Gasteiger partial charge is 0.339 e. The lowest BCUT2D eigenvalue weighted by atomic mass is 10.1. The van der Waals surface area contributed by atoms with Crippen molar-refractivity contribution in [3.63, 3.8) is 0 Å². The minimum absolute atomic E-state index is 0.0895. The van der Waals surface area contributed by atoms with Gasteiger partial charge < -0.3 is 14.7 Å². The second-order valence-electron chi connectivity index (χ2n) is 10.3. The van der Waals surface area contributed by atoms with Crippen LogP contribution in [0.3, 0.4) is 0 Å². The Hall–Kier alpha value is -4.34. The topological polar surface area (TPSA) is 90.7 Å². The van der Waals surface area contributed by atoms with E-state index in [4.69, 9.17) is 4.99 Å². The van der Waals surface area contributed by atoms with Gasteiger partial charge in [0.25, 0.3) is 5.91 Å². The highest BCUT2D eigenvalue weighted by atomic mass is 32.2. The van der Waals surface area contributed by atoms with Crippen molar-refractivity contribution in [1.29, 1.82) is 0 Å². The number of fused-ring (bicyclic) bond motifs is 1. The van der Waals surface area contributed by atoms with Crippen molar-refractivity contribution in [2.75, 3.05) is 6.54 Å². The third-order valence-corrected chi connectivity index (χ3v) is 9.89. The van der Waals surface area contributed by atoms with Crippen LogP contribution in [0.25, 0.3) is 22.0 Å². The first-order chi connectivity index (χ1) is 20.2. The molecule has 0 atom stereocenters. The molecule has 1 aliphatic heterocycles. The average Bonchev–Trinajstić information content (AvgIpc) is 3.67. The summed E-state index contributed by atoms with van der Waals surface area (Å²) in [7, 11) is 0. The molecule has 1 aliphatic rings. The number of aliphatic imine (C=N–C) groups is 1. The fourth-order valence-corrected chi connectivity index (χ4v) is 7.65. The van der Waals surface area contributed by atoms with Crippen LogP contribution in [0.2, 0.25) is 0 Å². The number of thiophene rings is 1. The predicted octanol–water partition coefficient (Wildman–Crippen LogP) is 7.80. The van der Waals surface area contributed by atoms with E-state index in [1.165, 1.54) is 23.1 Å². The van der Waals surface area contributed by atoms with Gasteiger partial charge in [-0.2, -0.15) is 0 Å². The van der Waals surface area contributed by atoms with Crippen molar-refractivity contribution in [2.45, 2.75) is 34.1 Å². The van der Waals surface area contributed by atoms with E-state index >= 15 is 0 Å². The minimum Gasteiger partial charge on any atom is -0.478 e. The van der Waals surface area contributed by atoms with Gasteiger partial charge in [-0.15, -0.1) is 11.3 Å². The molecule has 0 unspecified atom stereocenters. The lowest BCUT2D eigenvalue weighted by molar-refractivity contribution is -0.122. The summed E-state index contributed by atoms with van der Waals surface area (Å²) >= 11 is 2.85. The number of aromatic carboxylic acids is 1. The summed E-state index contributed by atoms with van der Waals surface area (Å²) in [4.78, 5) is 37.5. The number of para-hydroxylation sites is 2. The minimum atomic E-state index is -0.937. The highest BCUT2D eigenvalue weighted by molar-refractivity contribution is 8.18. The largest absolute Gasteiger partial charge is 0.478 e. The van der Waals surface area contributed by atoms with Crippen molar-refractivity contribution in [3.8, 4) is 5.00 Å². The van der Waals surface area contributed by atoms with Crippen LogP contribution in [0, 0.1) is 27.7 Å². The van der Waals surface area contributed by atoms with Gasteiger partial charge in [0.2, 0.25) is 0 Å². The number of nitrogens with zero attached hydrogens (tertiary/aromatic N) is 3. The summed E-state index contributed by atoms with van der Waals surface area (Å²) in [6, 6.07) is 19.8. The first kappa shape index (κ1) is 27.8. The highest BCUT2D eigenvalue weighted by Crippen LogP contribution is 2.38. The maximum absolute atomic E-state index is 13.9. The number of amides is 1. The Morgan fingerprint density at radius 2 is 1.79 bits per heavy atom. The standard InChI is InChI=1S/C33H30N4O3S2/c1-19-16-24(21(3)37(19)31-29(32(39)40)20(2)22(4)41-31)17-28-30(38)36(33(42-28)35-25-10-6-5-7-11-25)15-14-23-18-34-27-13-9-8-12-26(23)27/h5-13,16-18,34H,14-15H2,1-4H3,(H,39,40)/b28-17-,35-33?. The first-order valence-electron chi connectivity index (χ1n) is 13.7. The molecule has 1 saturated heterocycles. The third kappa shape index (κ3) is 4.99. The molecule has 0 aliphatic carbocycles. The summed E-state index contributed by atoms with van der Waals surface area (Å²) in [6.07, 6.45) is 4.60. The molecule has 2 N–H and O–H groups in total. The summed E-state index contributed by atoms with van der Waals surface area (Å²) in [5.41, 5.74) is 6.79. The van der Waals surface area contributed by atoms with Crippen LogP contribution in [0.4, 0.5) is 5.69 Å². The molecule has 0 radical (unpaired) electrons. The van der Waals surface area contributed by atoms with E-state index in [-0.39, 0.29) is 5.91 Å². The molecule has 4 heterocycles. The molecule has 5 aromatic rings. The number of thioether (sulfide) groups is 1. The predicted molar refractivity (Wildman–Crippen MR) is 172 cm³/mol. The SMILES string of the molecule is Cc1sc(-n2c(C)cc(/C=C3\SC(=Nc4ccccc4)N(CCc4c[nH]c5ccccc45)C3=O)c2C)c(C(=O)O)c1C. The number of carbonyl (C=O) groups excluding carboxylic acids is 1. The molecule has 0 bridgehead atoms. The number of aryl methyl sites for hydroxylation is 2. The Kier molecular flexibility index (Phi) is 7.38. The Labute approximate surface area is 252 Å². The number of carbonyl (C=O) groups is 2. The van der Waals surface area contributed by atoms with Crippen molar-refractivity contribution in [2.24, 2.45) is 4.99 Å². The second-order valence-corrected chi connectivity index (χ2v) is 12.5. The highest BCUT2D eigenvalue weighted by Gasteiger charge is 2.34. The molecular formula is C33H30N4O3S2. The molecule has 2 aromatic carbocycles. The Bertz CT molecular complexity index is 1910. The van der Waals surface area contributed by atoms with Crippen molar-refractivity contribution < 1.29 is 14.7 Å². The number of hydrogen-bond acceptors (Lipinski definition) is 5. The van der Waals surface area contributed by atoms with Gasteiger partial charge in [-0.05, 0) is 92.9 Å². The summed E-state index contributed by atoms with van der Waals surface area (Å²) in [6.45, 7) is 8.21. The molecule has 6 rings (SSSR count). The normalized spacial score (nSPS) is 15.5. The van der Waals surface area contributed by atoms with E-state index in [2.05, 4.69) is 11.1 Å². The van der Waals surface area contributed by atoms with E-state index in [0.29, 0.717) is 33.6 Å². The van der Waals surface area contributed by atoms with E-state index in [9.17, 15) is 14.7 Å². The van der Waals surface area contributed by atoms with Crippen molar-refractivity contribution in [3.05, 3.63) is 110 Å². The number of aromatic nitrogens is 2. The second kappa shape index (κ2) is 11.2. The van der Waals surface area contributed by atoms with Gasteiger partial charge >= 0.3 is 5.97 Å². The first-order valence-corrected chi connectivity index (χ1v) is 15.3. The fourth-order valence-electron chi connectivity index (χ4n) is 5.38. The van der Waals surface area contributed by atoms with Gasteiger partial charge in [0.1, 0.15) is 5.00 Å². The van der Waals surface area contributed by atoms with Crippen LogP contribution in [0.1, 0.15) is 43.3 Å². The molecule has 1 amide bonds. The number of rotatable bonds is 7.